The van der Waals surface area contributed by atoms with Crippen molar-refractivity contribution >= 4 is 28.3 Å². The Balaban J connectivity index is 2.29. The van der Waals surface area contributed by atoms with Crippen LogP contribution in [0.15, 0.2) is 5.38 Å². The maximum Gasteiger partial charge on any atom is 0.305 e. The number of hydrogen-bond donors (Lipinski definition) is 1. The number of nitrogens with one attached hydrogen (secondary N) is 1. The molecule has 1 aromatic heterocycles. The third kappa shape index (κ3) is 6.22. The van der Waals surface area contributed by atoms with Gasteiger partial charge in [-0.3, -0.25) is 14.5 Å². The largest absolute Gasteiger partial charge is 0.466 e. The summed E-state index contributed by atoms with van der Waals surface area (Å²) in [5.41, 5.74) is 0.908. The Morgan fingerprint density at radius 3 is 2.81 bits per heavy atom. The van der Waals surface area contributed by atoms with Gasteiger partial charge in [0.2, 0.25) is 5.91 Å². The molecule has 0 atom stereocenters. The molecule has 0 saturated heterocycles. The Hall–Kier alpha value is -1.47. The molecule has 0 aliphatic rings. The molecule has 1 heterocycles. The SMILES string of the molecule is CCOC(=O)CCCNCc1csc(N(CC)C(C)=O)n1. The molecule has 0 aliphatic heterocycles. The van der Waals surface area contributed by atoms with E-state index in [0.29, 0.717) is 26.1 Å². The number of esters is 1. The Kier molecular flexibility index (Phi) is 7.92. The highest BCUT2D eigenvalue weighted by molar-refractivity contribution is 7.14. The number of hydrogen-bond acceptors (Lipinski definition) is 6. The average Bonchev–Trinajstić information content (AvgIpc) is 2.87. The summed E-state index contributed by atoms with van der Waals surface area (Å²) >= 11 is 1.47. The summed E-state index contributed by atoms with van der Waals surface area (Å²) in [6, 6.07) is 0. The first-order valence-corrected chi connectivity index (χ1v) is 8.05. The van der Waals surface area contributed by atoms with E-state index in [1.165, 1.54) is 18.3 Å². The number of amides is 1. The zero-order valence-electron chi connectivity index (χ0n) is 12.8. The first-order chi connectivity index (χ1) is 10.1. The molecular weight excluding hydrogens is 290 g/mol. The Morgan fingerprint density at radius 2 is 2.19 bits per heavy atom. The van der Waals surface area contributed by atoms with Crippen LogP contribution in [0, 0.1) is 0 Å². The molecule has 1 N–H and O–H groups in total. The topological polar surface area (TPSA) is 71.5 Å². The summed E-state index contributed by atoms with van der Waals surface area (Å²) in [5.74, 6) is -0.156. The van der Waals surface area contributed by atoms with Crippen molar-refractivity contribution in [3.63, 3.8) is 0 Å². The summed E-state index contributed by atoms with van der Waals surface area (Å²) in [5, 5.41) is 5.91. The van der Waals surface area contributed by atoms with Gasteiger partial charge in [-0.15, -0.1) is 11.3 Å². The van der Waals surface area contributed by atoms with Crippen LogP contribution >= 0.6 is 11.3 Å². The van der Waals surface area contributed by atoms with E-state index in [9.17, 15) is 9.59 Å². The maximum atomic E-state index is 11.4. The smallest absolute Gasteiger partial charge is 0.305 e. The highest BCUT2D eigenvalue weighted by Crippen LogP contribution is 2.20. The molecule has 0 aliphatic carbocycles. The van der Waals surface area contributed by atoms with Gasteiger partial charge in [0, 0.05) is 31.8 Å². The minimum absolute atomic E-state index is 0.000737. The Bertz CT molecular complexity index is 462. The summed E-state index contributed by atoms with van der Waals surface area (Å²) in [4.78, 5) is 28.7. The van der Waals surface area contributed by atoms with Crippen molar-refractivity contribution in [1.29, 1.82) is 0 Å². The van der Waals surface area contributed by atoms with Crippen LogP contribution in [-0.2, 0) is 20.9 Å². The number of carbonyl (C=O) groups is 2. The van der Waals surface area contributed by atoms with Gasteiger partial charge >= 0.3 is 5.97 Å². The fraction of sp³-hybridized carbons (Fsp3) is 0.643. The van der Waals surface area contributed by atoms with Gasteiger partial charge in [-0.25, -0.2) is 4.98 Å². The number of nitrogens with zero attached hydrogens (tertiary/aromatic N) is 2. The molecule has 7 heteroatoms. The van der Waals surface area contributed by atoms with Crippen molar-refractivity contribution in [2.24, 2.45) is 0 Å². The van der Waals surface area contributed by atoms with E-state index < -0.39 is 0 Å². The number of rotatable bonds is 9. The zero-order valence-corrected chi connectivity index (χ0v) is 13.7. The molecule has 21 heavy (non-hydrogen) atoms. The van der Waals surface area contributed by atoms with Crippen LogP contribution in [0.1, 0.15) is 39.3 Å². The Morgan fingerprint density at radius 1 is 1.43 bits per heavy atom. The normalized spacial score (nSPS) is 10.4. The standard InChI is InChI=1S/C14H23N3O3S/c1-4-17(11(3)18)14-16-12(10-21-14)9-15-8-6-7-13(19)20-5-2/h10,15H,4-9H2,1-3H3. The van der Waals surface area contributed by atoms with Crippen molar-refractivity contribution in [3.8, 4) is 0 Å². The van der Waals surface area contributed by atoms with Gasteiger partial charge in [-0.2, -0.15) is 0 Å². The van der Waals surface area contributed by atoms with Gasteiger partial charge in [0.05, 0.1) is 12.3 Å². The van der Waals surface area contributed by atoms with Crippen molar-refractivity contribution in [2.45, 2.75) is 40.2 Å². The van der Waals surface area contributed by atoms with Crippen LogP contribution in [0.25, 0.3) is 0 Å². The van der Waals surface area contributed by atoms with Gasteiger partial charge in [-0.05, 0) is 26.8 Å². The van der Waals surface area contributed by atoms with E-state index >= 15 is 0 Å². The molecule has 1 amide bonds. The molecule has 0 spiro atoms. The lowest BCUT2D eigenvalue weighted by molar-refractivity contribution is -0.143. The third-order valence-corrected chi connectivity index (χ3v) is 3.73. The molecule has 1 aromatic rings. The maximum absolute atomic E-state index is 11.4. The summed E-state index contributed by atoms with van der Waals surface area (Å²) in [7, 11) is 0. The molecule has 118 valence electrons. The molecule has 0 radical (unpaired) electrons. The minimum atomic E-state index is -0.157. The van der Waals surface area contributed by atoms with Crippen LogP contribution in [0.4, 0.5) is 5.13 Å². The second-order valence-electron chi connectivity index (χ2n) is 4.47. The monoisotopic (exact) mass is 313 g/mol. The van der Waals surface area contributed by atoms with Crippen LogP contribution < -0.4 is 10.2 Å². The first kappa shape index (κ1) is 17.6. The fourth-order valence-corrected chi connectivity index (χ4v) is 2.73. The number of anilines is 1. The van der Waals surface area contributed by atoms with Crippen LogP contribution in [-0.4, -0.2) is 36.6 Å². The quantitative estimate of drug-likeness (QED) is 0.557. The van der Waals surface area contributed by atoms with Gasteiger partial charge < -0.3 is 10.1 Å². The zero-order chi connectivity index (χ0) is 15.7. The second-order valence-corrected chi connectivity index (χ2v) is 5.31. The van der Waals surface area contributed by atoms with Crippen LogP contribution in [0.3, 0.4) is 0 Å². The van der Waals surface area contributed by atoms with E-state index in [1.807, 2.05) is 12.3 Å². The van der Waals surface area contributed by atoms with Crippen molar-refractivity contribution in [3.05, 3.63) is 11.1 Å². The van der Waals surface area contributed by atoms with E-state index in [-0.39, 0.29) is 11.9 Å². The number of aromatic nitrogens is 1. The molecule has 6 nitrogen and oxygen atoms in total. The lowest BCUT2D eigenvalue weighted by Crippen LogP contribution is -2.27. The fourth-order valence-electron chi connectivity index (χ4n) is 1.80. The third-order valence-electron chi connectivity index (χ3n) is 2.81. The highest BCUT2D eigenvalue weighted by atomic mass is 32.1. The van der Waals surface area contributed by atoms with E-state index in [4.69, 9.17) is 4.74 Å². The van der Waals surface area contributed by atoms with E-state index in [0.717, 1.165) is 23.8 Å². The van der Waals surface area contributed by atoms with Crippen molar-refractivity contribution in [1.82, 2.24) is 10.3 Å². The minimum Gasteiger partial charge on any atom is -0.466 e. The molecule has 0 fully saturated rings. The van der Waals surface area contributed by atoms with Gasteiger partial charge in [0.25, 0.3) is 0 Å². The molecule has 1 rings (SSSR count). The van der Waals surface area contributed by atoms with Gasteiger partial charge in [0.1, 0.15) is 0 Å². The number of thiazole rings is 1. The molecule has 0 saturated carbocycles. The lowest BCUT2D eigenvalue weighted by Gasteiger charge is -2.14. The molecule has 0 aromatic carbocycles. The van der Waals surface area contributed by atoms with Crippen molar-refractivity contribution in [2.75, 3.05) is 24.6 Å². The van der Waals surface area contributed by atoms with Crippen LogP contribution in [0.5, 0.6) is 0 Å². The summed E-state index contributed by atoms with van der Waals surface area (Å²) in [6.45, 7) is 7.68. The van der Waals surface area contributed by atoms with Gasteiger partial charge in [-0.1, -0.05) is 0 Å². The average molecular weight is 313 g/mol. The number of carbonyl (C=O) groups excluding carboxylic acids is 2. The first-order valence-electron chi connectivity index (χ1n) is 7.17. The predicted molar refractivity (Wildman–Crippen MR) is 83.4 cm³/mol. The highest BCUT2D eigenvalue weighted by Gasteiger charge is 2.13. The summed E-state index contributed by atoms with van der Waals surface area (Å²) in [6.07, 6.45) is 1.17. The van der Waals surface area contributed by atoms with Gasteiger partial charge in [0.15, 0.2) is 5.13 Å². The molecular formula is C14H23N3O3S. The molecule has 0 bridgehead atoms. The summed E-state index contributed by atoms with van der Waals surface area (Å²) < 4.78 is 4.86. The lowest BCUT2D eigenvalue weighted by atomic mass is 10.3. The van der Waals surface area contributed by atoms with E-state index in [1.54, 1.807) is 11.8 Å². The molecule has 0 unspecified atom stereocenters. The second kappa shape index (κ2) is 9.46. The Labute approximate surface area is 129 Å². The van der Waals surface area contributed by atoms with Crippen LogP contribution in [0.2, 0.25) is 0 Å². The number of ether oxygens (including phenoxy) is 1. The van der Waals surface area contributed by atoms with Crippen molar-refractivity contribution < 1.29 is 14.3 Å². The predicted octanol–water partition coefficient (Wildman–Crippen LogP) is 1.95. The van der Waals surface area contributed by atoms with E-state index in [2.05, 4.69) is 10.3 Å².